The fraction of sp³-hybridized carbons (Fsp3) is 0.636. The lowest BCUT2D eigenvalue weighted by atomic mass is 10.4. The monoisotopic (exact) mass is 266 g/mol. The van der Waals surface area contributed by atoms with E-state index in [1.807, 2.05) is 20.9 Å². The van der Waals surface area contributed by atoms with Gasteiger partial charge in [-0.15, -0.1) is 5.10 Å². The van der Waals surface area contributed by atoms with Gasteiger partial charge in [0, 0.05) is 20.3 Å². The lowest BCUT2D eigenvalue weighted by Gasteiger charge is -2.13. The van der Waals surface area contributed by atoms with Crippen LogP contribution in [0.15, 0.2) is 12.5 Å². The van der Waals surface area contributed by atoms with Crippen molar-refractivity contribution < 1.29 is 9.47 Å². The lowest BCUT2D eigenvalue weighted by molar-refractivity contribution is -0.142. The van der Waals surface area contributed by atoms with Gasteiger partial charge in [0.2, 0.25) is 6.29 Å². The number of aryl methyl sites for hydroxylation is 1. The predicted octanol–water partition coefficient (Wildman–Crippen LogP) is 0.526. The fourth-order valence-electron chi connectivity index (χ4n) is 1.63. The van der Waals surface area contributed by atoms with Crippen LogP contribution >= 0.6 is 0 Å². The van der Waals surface area contributed by atoms with E-state index in [0.29, 0.717) is 25.5 Å². The molecule has 0 fully saturated rings. The number of ether oxygens (including phenoxy) is 2. The lowest BCUT2D eigenvalue weighted by Crippen LogP contribution is -2.09. The molecule has 0 saturated heterocycles. The van der Waals surface area contributed by atoms with Gasteiger partial charge in [-0.05, 0) is 13.8 Å². The molecule has 0 saturated carbocycles. The minimum atomic E-state index is -0.469. The van der Waals surface area contributed by atoms with Crippen molar-refractivity contribution in [3.63, 3.8) is 0 Å². The predicted molar refractivity (Wildman–Crippen MR) is 66.1 cm³/mol. The van der Waals surface area contributed by atoms with Crippen molar-refractivity contribution in [3.05, 3.63) is 24.0 Å². The summed E-state index contributed by atoms with van der Waals surface area (Å²) in [6.45, 7) is 5.45. The highest BCUT2D eigenvalue weighted by Gasteiger charge is 2.16. The van der Waals surface area contributed by atoms with E-state index < -0.39 is 6.29 Å². The molecule has 0 amide bonds. The second-order valence-corrected chi connectivity index (χ2v) is 3.88. The standard InChI is InChI=1S/C11H18N6O2/c1-4-18-11(19-5-2)9-6-17(15-14-9)7-10-12-8-13-16(10)3/h6,8,11H,4-5,7H2,1-3H3. The van der Waals surface area contributed by atoms with Gasteiger partial charge in [-0.2, -0.15) is 5.10 Å². The molecular formula is C11H18N6O2. The Balaban J connectivity index is 2.07. The smallest absolute Gasteiger partial charge is 0.204 e. The van der Waals surface area contributed by atoms with Gasteiger partial charge in [0.25, 0.3) is 0 Å². The molecule has 8 nitrogen and oxygen atoms in total. The van der Waals surface area contributed by atoms with Crippen LogP contribution in [0.5, 0.6) is 0 Å². The van der Waals surface area contributed by atoms with Crippen LogP contribution in [0, 0.1) is 0 Å². The molecule has 0 N–H and O–H groups in total. The number of hydrogen-bond donors (Lipinski definition) is 0. The molecule has 19 heavy (non-hydrogen) atoms. The van der Waals surface area contributed by atoms with E-state index in [-0.39, 0.29) is 0 Å². The molecule has 0 unspecified atom stereocenters. The number of hydrogen-bond acceptors (Lipinski definition) is 6. The number of rotatable bonds is 7. The quantitative estimate of drug-likeness (QED) is 0.680. The summed E-state index contributed by atoms with van der Waals surface area (Å²) in [5.41, 5.74) is 0.658. The second-order valence-electron chi connectivity index (χ2n) is 3.88. The van der Waals surface area contributed by atoms with E-state index in [0.717, 1.165) is 5.82 Å². The van der Waals surface area contributed by atoms with Gasteiger partial charge in [0.05, 0.1) is 6.20 Å². The molecule has 2 aromatic rings. The van der Waals surface area contributed by atoms with Crippen molar-refractivity contribution >= 4 is 0 Å². The molecule has 8 heteroatoms. The molecule has 0 radical (unpaired) electrons. The molecule has 104 valence electrons. The van der Waals surface area contributed by atoms with Crippen molar-refractivity contribution in [2.45, 2.75) is 26.7 Å². The second kappa shape index (κ2) is 6.39. The molecule has 0 aliphatic carbocycles. The Morgan fingerprint density at radius 3 is 2.58 bits per heavy atom. The first-order valence-corrected chi connectivity index (χ1v) is 6.20. The molecule has 2 rings (SSSR count). The van der Waals surface area contributed by atoms with Crippen LogP contribution in [0.2, 0.25) is 0 Å². The van der Waals surface area contributed by atoms with Gasteiger partial charge in [-0.1, -0.05) is 5.21 Å². The maximum absolute atomic E-state index is 5.47. The van der Waals surface area contributed by atoms with Gasteiger partial charge in [0.15, 0.2) is 0 Å². The third-order valence-electron chi connectivity index (χ3n) is 2.54. The minimum absolute atomic E-state index is 0.469. The third kappa shape index (κ3) is 3.36. The van der Waals surface area contributed by atoms with Crippen LogP contribution in [0.3, 0.4) is 0 Å². The fourth-order valence-corrected chi connectivity index (χ4v) is 1.63. The largest absolute Gasteiger partial charge is 0.347 e. The Morgan fingerprint density at radius 2 is 2.00 bits per heavy atom. The first-order chi connectivity index (χ1) is 9.24. The highest BCUT2D eigenvalue weighted by molar-refractivity contribution is 4.96. The average molecular weight is 266 g/mol. The van der Waals surface area contributed by atoms with E-state index >= 15 is 0 Å². The minimum Gasteiger partial charge on any atom is -0.347 e. The molecule has 0 aliphatic heterocycles. The van der Waals surface area contributed by atoms with Crippen molar-refractivity contribution in [3.8, 4) is 0 Å². The first kappa shape index (κ1) is 13.6. The van der Waals surface area contributed by atoms with Crippen LogP contribution in [-0.4, -0.2) is 43.0 Å². The Labute approximate surface area is 111 Å². The Kier molecular flexibility index (Phi) is 4.58. The summed E-state index contributed by atoms with van der Waals surface area (Å²) in [6, 6.07) is 0. The van der Waals surface area contributed by atoms with Crippen molar-refractivity contribution in [1.29, 1.82) is 0 Å². The van der Waals surface area contributed by atoms with E-state index in [1.54, 1.807) is 15.6 Å². The zero-order valence-electron chi connectivity index (χ0n) is 11.4. The van der Waals surface area contributed by atoms with Gasteiger partial charge in [-0.25, -0.2) is 9.67 Å². The Bertz CT molecular complexity index is 503. The van der Waals surface area contributed by atoms with Gasteiger partial charge in [-0.3, -0.25) is 4.68 Å². The first-order valence-electron chi connectivity index (χ1n) is 6.20. The highest BCUT2D eigenvalue weighted by atomic mass is 16.7. The molecule has 0 bridgehead atoms. The summed E-state index contributed by atoms with van der Waals surface area (Å²) in [6.07, 6.45) is 2.84. The summed E-state index contributed by atoms with van der Waals surface area (Å²) < 4.78 is 14.3. The summed E-state index contributed by atoms with van der Waals surface area (Å²) >= 11 is 0. The van der Waals surface area contributed by atoms with E-state index in [1.165, 1.54) is 6.33 Å². The van der Waals surface area contributed by atoms with Gasteiger partial charge >= 0.3 is 0 Å². The van der Waals surface area contributed by atoms with Crippen LogP contribution in [-0.2, 0) is 23.1 Å². The Morgan fingerprint density at radius 1 is 1.26 bits per heavy atom. The molecule has 2 heterocycles. The SMILES string of the molecule is CCOC(OCC)c1cn(Cc2ncnn2C)nn1. The topological polar surface area (TPSA) is 79.9 Å². The van der Waals surface area contributed by atoms with Crippen LogP contribution in [0.1, 0.15) is 31.7 Å². The van der Waals surface area contributed by atoms with E-state index in [9.17, 15) is 0 Å². The van der Waals surface area contributed by atoms with E-state index in [4.69, 9.17) is 9.47 Å². The molecule has 0 aliphatic rings. The summed E-state index contributed by atoms with van der Waals surface area (Å²) in [7, 11) is 1.84. The third-order valence-corrected chi connectivity index (χ3v) is 2.54. The Hall–Kier alpha value is -1.80. The van der Waals surface area contributed by atoms with Crippen LogP contribution < -0.4 is 0 Å². The maximum Gasteiger partial charge on any atom is 0.204 e. The zero-order chi connectivity index (χ0) is 13.7. The summed E-state index contributed by atoms with van der Waals surface area (Å²) in [4.78, 5) is 4.14. The number of aromatic nitrogens is 6. The zero-order valence-corrected chi connectivity index (χ0v) is 11.4. The highest BCUT2D eigenvalue weighted by Crippen LogP contribution is 2.15. The molecular weight excluding hydrogens is 248 g/mol. The normalized spacial score (nSPS) is 11.4. The molecule has 0 aromatic carbocycles. The van der Waals surface area contributed by atoms with Crippen molar-refractivity contribution in [2.75, 3.05) is 13.2 Å². The van der Waals surface area contributed by atoms with Crippen molar-refractivity contribution in [2.24, 2.45) is 7.05 Å². The van der Waals surface area contributed by atoms with Crippen LogP contribution in [0.25, 0.3) is 0 Å². The van der Waals surface area contributed by atoms with Gasteiger partial charge < -0.3 is 9.47 Å². The maximum atomic E-state index is 5.47. The molecule has 2 aromatic heterocycles. The number of nitrogens with zero attached hydrogens (tertiary/aromatic N) is 6. The molecule has 0 atom stereocenters. The van der Waals surface area contributed by atoms with Crippen LogP contribution in [0.4, 0.5) is 0 Å². The summed E-state index contributed by atoms with van der Waals surface area (Å²) in [5, 5.41) is 12.1. The summed E-state index contributed by atoms with van der Waals surface area (Å²) in [5.74, 6) is 0.806. The van der Waals surface area contributed by atoms with E-state index in [2.05, 4.69) is 20.4 Å². The molecule has 0 spiro atoms. The average Bonchev–Trinajstić information content (AvgIpc) is 3.00. The van der Waals surface area contributed by atoms with Gasteiger partial charge in [0.1, 0.15) is 24.4 Å². The van der Waals surface area contributed by atoms with Crippen molar-refractivity contribution in [1.82, 2.24) is 29.8 Å².